The summed E-state index contributed by atoms with van der Waals surface area (Å²) in [5.41, 5.74) is 0.596. The molecule has 0 fully saturated rings. The van der Waals surface area contributed by atoms with Crippen molar-refractivity contribution in [2.45, 2.75) is 0 Å². The molecule has 2 aromatic rings. The molecule has 0 saturated heterocycles. The first-order valence-corrected chi connectivity index (χ1v) is 5.34. The summed E-state index contributed by atoms with van der Waals surface area (Å²) in [6.45, 7) is 0. The van der Waals surface area contributed by atoms with Crippen LogP contribution in [-0.2, 0) is 0 Å². The van der Waals surface area contributed by atoms with Crippen LogP contribution in [0.15, 0.2) is 21.6 Å². The molecule has 0 unspecified atom stereocenters. The topological polar surface area (TPSA) is 70.7 Å². The molecule has 0 spiro atoms. The predicted octanol–water partition coefficient (Wildman–Crippen LogP) is 1.88. The molecule has 2 rings (SSSR count). The van der Waals surface area contributed by atoms with Gasteiger partial charge in [-0.2, -0.15) is 10.1 Å². The number of aromatic nitrogens is 3. The molecular formula is C7H5BrN4OS. The van der Waals surface area contributed by atoms with Gasteiger partial charge in [0, 0.05) is 5.38 Å². The molecule has 7 heteroatoms. The van der Waals surface area contributed by atoms with Crippen LogP contribution < -0.4 is 5.32 Å². The standard InChI is InChI=1S/C7H5BrN4OS/c8-5-1-4(2-14-5)6(13)11-7-9-3-10-12-7/h1-3H,(H2,9,10,11,12,13). The van der Waals surface area contributed by atoms with Crippen molar-refractivity contribution in [1.82, 2.24) is 15.2 Å². The van der Waals surface area contributed by atoms with E-state index in [1.807, 2.05) is 0 Å². The highest BCUT2D eigenvalue weighted by Gasteiger charge is 2.08. The van der Waals surface area contributed by atoms with Crippen LogP contribution >= 0.6 is 27.3 Å². The Balaban J connectivity index is 2.10. The van der Waals surface area contributed by atoms with Crippen LogP contribution in [0.5, 0.6) is 0 Å². The average Bonchev–Trinajstić information content (AvgIpc) is 2.75. The van der Waals surface area contributed by atoms with Gasteiger partial charge in [0.15, 0.2) is 0 Å². The van der Waals surface area contributed by atoms with Crippen molar-refractivity contribution in [3.63, 3.8) is 0 Å². The molecule has 0 bridgehead atoms. The monoisotopic (exact) mass is 272 g/mol. The fourth-order valence-electron chi connectivity index (χ4n) is 0.875. The number of carbonyl (C=O) groups is 1. The largest absolute Gasteiger partial charge is 0.291 e. The van der Waals surface area contributed by atoms with Gasteiger partial charge < -0.3 is 0 Å². The van der Waals surface area contributed by atoms with E-state index in [1.165, 1.54) is 17.7 Å². The van der Waals surface area contributed by atoms with Crippen molar-refractivity contribution >= 4 is 39.1 Å². The van der Waals surface area contributed by atoms with E-state index in [2.05, 4.69) is 36.4 Å². The van der Waals surface area contributed by atoms with Gasteiger partial charge in [-0.05, 0) is 22.0 Å². The summed E-state index contributed by atoms with van der Waals surface area (Å²) in [5, 5.41) is 10.5. The van der Waals surface area contributed by atoms with Crippen LogP contribution in [0.4, 0.5) is 5.95 Å². The molecule has 2 N–H and O–H groups in total. The molecule has 14 heavy (non-hydrogen) atoms. The van der Waals surface area contributed by atoms with E-state index in [9.17, 15) is 4.79 Å². The van der Waals surface area contributed by atoms with E-state index in [0.29, 0.717) is 11.5 Å². The third-order valence-corrected chi connectivity index (χ3v) is 2.98. The van der Waals surface area contributed by atoms with E-state index < -0.39 is 0 Å². The van der Waals surface area contributed by atoms with Crippen molar-refractivity contribution in [3.05, 3.63) is 27.1 Å². The van der Waals surface area contributed by atoms with Crippen molar-refractivity contribution in [2.24, 2.45) is 0 Å². The Morgan fingerprint density at radius 1 is 1.64 bits per heavy atom. The Labute approximate surface area is 91.7 Å². The Morgan fingerprint density at radius 2 is 2.50 bits per heavy atom. The number of rotatable bonds is 2. The van der Waals surface area contributed by atoms with E-state index in [-0.39, 0.29) is 5.91 Å². The number of carbonyl (C=O) groups excluding carboxylic acids is 1. The highest BCUT2D eigenvalue weighted by atomic mass is 79.9. The lowest BCUT2D eigenvalue weighted by atomic mass is 10.3. The molecule has 0 aliphatic carbocycles. The first kappa shape index (κ1) is 9.35. The van der Waals surface area contributed by atoms with Crippen LogP contribution in [-0.4, -0.2) is 21.1 Å². The highest BCUT2D eigenvalue weighted by Crippen LogP contribution is 2.20. The second kappa shape index (κ2) is 3.89. The number of hydrogen-bond acceptors (Lipinski definition) is 4. The molecular weight excluding hydrogens is 268 g/mol. The number of nitrogens with zero attached hydrogens (tertiary/aromatic N) is 2. The zero-order valence-electron chi connectivity index (χ0n) is 6.82. The molecule has 1 amide bonds. The Bertz CT molecular complexity index is 438. The number of thiophene rings is 1. The van der Waals surface area contributed by atoms with Gasteiger partial charge in [0.05, 0.1) is 9.35 Å². The van der Waals surface area contributed by atoms with Gasteiger partial charge in [0.1, 0.15) is 6.33 Å². The van der Waals surface area contributed by atoms with Crippen molar-refractivity contribution < 1.29 is 4.79 Å². The highest BCUT2D eigenvalue weighted by molar-refractivity contribution is 9.11. The normalized spacial score (nSPS) is 10.1. The van der Waals surface area contributed by atoms with Crippen LogP contribution in [0.25, 0.3) is 0 Å². The Morgan fingerprint density at radius 3 is 3.07 bits per heavy atom. The Hall–Kier alpha value is -1.21. The average molecular weight is 273 g/mol. The van der Waals surface area contributed by atoms with Gasteiger partial charge in [-0.1, -0.05) is 0 Å². The molecule has 0 aliphatic rings. The molecule has 0 aromatic carbocycles. The van der Waals surface area contributed by atoms with Gasteiger partial charge in [0.25, 0.3) is 5.91 Å². The summed E-state index contributed by atoms with van der Waals surface area (Å²) in [7, 11) is 0. The van der Waals surface area contributed by atoms with Gasteiger partial charge in [0.2, 0.25) is 5.95 Å². The van der Waals surface area contributed by atoms with E-state index >= 15 is 0 Å². The summed E-state index contributed by atoms with van der Waals surface area (Å²) in [6.07, 6.45) is 1.33. The first-order valence-electron chi connectivity index (χ1n) is 3.66. The van der Waals surface area contributed by atoms with E-state index in [4.69, 9.17) is 0 Å². The predicted molar refractivity (Wildman–Crippen MR) is 56.4 cm³/mol. The summed E-state index contributed by atoms with van der Waals surface area (Å²) >= 11 is 4.74. The minimum Gasteiger partial charge on any atom is -0.291 e. The summed E-state index contributed by atoms with van der Waals surface area (Å²) in [4.78, 5) is 15.3. The maximum atomic E-state index is 11.5. The van der Waals surface area contributed by atoms with Crippen LogP contribution in [0, 0.1) is 0 Å². The quantitative estimate of drug-likeness (QED) is 0.877. The van der Waals surface area contributed by atoms with Gasteiger partial charge >= 0.3 is 0 Å². The third kappa shape index (κ3) is 1.99. The first-order chi connectivity index (χ1) is 6.75. The van der Waals surface area contributed by atoms with Gasteiger partial charge in [-0.25, -0.2) is 5.10 Å². The lowest BCUT2D eigenvalue weighted by Gasteiger charge is -1.96. The fraction of sp³-hybridized carbons (Fsp3) is 0. The smallest absolute Gasteiger partial charge is 0.258 e. The van der Waals surface area contributed by atoms with Gasteiger partial charge in [-0.3, -0.25) is 10.1 Å². The molecule has 0 atom stereocenters. The van der Waals surface area contributed by atoms with E-state index in [1.54, 1.807) is 11.4 Å². The second-order valence-electron chi connectivity index (χ2n) is 2.43. The molecule has 0 saturated carbocycles. The lowest BCUT2D eigenvalue weighted by molar-refractivity contribution is 0.102. The van der Waals surface area contributed by atoms with Crippen molar-refractivity contribution in [2.75, 3.05) is 5.32 Å². The van der Waals surface area contributed by atoms with Crippen molar-refractivity contribution in [1.29, 1.82) is 0 Å². The molecule has 0 aliphatic heterocycles. The second-order valence-corrected chi connectivity index (χ2v) is 4.72. The molecule has 2 aromatic heterocycles. The number of amides is 1. The number of aromatic amines is 1. The number of hydrogen-bond donors (Lipinski definition) is 2. The summed E-state index contributed by atoms with van der Waals surface area (Å²) < 4.78 is 0.917. The minimum atomic E-state index is -0.205. The summed E-state index contributed by atoms with van der Waals surface area (Å²) in [6, 6.07) is 1.75. The minimum absolute atomic E-state index is 0.205. The van der Waals surface area contributed by atoms with Crippen molar-refractivity contribution in [3.8, 4) is 0 Å². The van der Waals surface area contributed by atoms with Gasteiger partial charge in [-0.15, -0.1) is 11.3 Å². The van der Waals surface area contributed by atoms with E-state index in [0.717, 1.165) is 3.79 Å². The number of halogens is 1. The zero-order chi connectivity index (χ0) is 9.97. The molecule has 0 radical (unpaired) electrons. The number of anilines is 1. The lowest BCUT2D eigenvalue weighted by Crippen LogP contribution is -2.11. The molecule has 2 heterocycles. The fourth-order valence-corrected chi connectivity index (χ4v) is 2.01. The maximum absolute atomic E-state index is 11.5. The molecule has 72 valence electrons. The Kier molecular flexibility index (Phi) is 2.60. The number of H-pyrrole nitrogens is 1. The van der Waals surface area contributed by atoms with Crippen LogP contribution in [0.1, 0.15) is 10.4 Å². The molecule has 5 nitrogen and oxygen atoms in total. The maximum Gasteiger partial charge on any atom is 0.258 e. The zero-order valence-corrected chi connectivity index (χ0v) is 9.22. The SMILES string of the molecule is O=C(Nc1ncn[nH]1)c1csc(Br)c1. The summed E-state index contributed by atoms with van der Waals surface area (Å²) in [5.74, 6) is 0.140. The third-order valence-electron chi connectivity index (χ3n) is 1.48. The van der Waals surface area contributed by atoms with Crippen LogP contribution in [0.3, 0.4) is 0 Å². The van der Waals surface area contributed by atoms with Crippen LogP contribution in [0.2, 0.25) is 0 Å². The number of nitrogens with one attached hydrogen (secondary N) is 2.